The molecular weight excluding hydrogens is 240 g/mol. The number of nitrogens with one attached hydrogen (secondary N) is 1. The Balaban J connectivity index is 3.99. The van der Waals surface area contributed by atoms with Crippen molar-refractivity contribution >= 4 is 5.97 Å². The number of likely N-dealkylation sites (N-methyl/N-ethyl adjacent to an activating group) is 1. The smallest absolute Gasteiger partial charge is 0.323 e. The van der Waals surface area contributed by atoms with E-state index in [2.05, 4.69) is 38.0 Å². The zero-order valence-corrected chi connectivity index (χ0v) is 13.5. The Labute approximate surface area is 118 Å². The van der Waals surface area contributed by atoms with Crippen LogP contribution in [0.25, 0.3) is 0 Å². The fourth-order valence-electron chi connectivity index (χ4n) is 2.41. The van der Waals surface area contributed by atoms with Crippen LogP contribution in [0.1, 0.15) is 53.9 Å². The van der Waals surface area contributed by atoms with Gasteiger partial charge in [-0.1, -0.05) is 27.7 Å². The number of unbranched alkanes of at least 4 members (excludes halogenated alkanes) is 1. The highest BCUT2D eigenvalue weighted by Gasteiger charge is 2.31. The van der Waals surface area contributed by atoms with Gasteiger partial charge in [-0.3, -0.25) is 4.79 Å². The molecule has 0 aliphatic rings. The molecule has 1 atom stereocenters. The molecule has 0 fully saturated rings. The van der Waals surface area contributed by atoms with Crippen molar-refractivity contribution in [1.29, 1.82) is 0 Å². The van der Waals surface area contributed by atoms with Crippen molar-refractivity contribution in [3.63, 3.8) is 0 Å². The summed E-state index contributed by atoms with van der Waals surface area (Å²) in [5, 5.41) is 12.3. The lowest BCUT2D eigenvalue weighted by Gasteiger charge is -2.28. The molecule has 2 N–H and O–H groups in total. The SMILES string of the molecule is CCNC(C)(CCCCN(C)CC(C)(C)C)C(=O)O. The van der Waals surface area contributed by atoms with Crippen LogP contribution >= 0.6 is 0 Å². The normalized spacial score (nSPS) is 15.5. The van der Waals surface area contributed by atoms with Crippen molar-refractivity contribution in [2.75, 3.05) is 26.7 Å². The summed E-state index contributed by atoms with van der Waals surface area (Å²) in [6.45, 7) is 13.2. The van der Waals surface area contributed by atoms with E-state index in [1.54, 1.807) is 6.92 Å². The monoisotopic (exact) mass is 272 g/mol. The first-order chi connectivity index (χ1) is 8.60. The Hall–Kier alpha value is -0.610. The molecule has 0 heterocycles. The van der Waals surface area contributed by atoms with Crippen LogP contribution in [-0.4, -0.2) is 48.2 Å². The summed E-state index contributed by atoms with van der Waals surface area (Å²) in [6, 6.07) is 0. The van der Waals surface area contributed by atoms with E-state index in [4.69, 9.17) is 0 Å². The highest BCUT2D eigenvalue weighted by Crippen LogP contribution is 2.17. The predicted molar refractivity (Wildman–Crippen MR) is 80.5 cm³/mol. The van der Waals surface area contributed by atoms with Crippen LogP contribution in [-0.2, 0) is 4.79 Å². The molecule has 0 spiro atoms. The molecule has 0 saturated carbocycles. The third-order valence-electron chi connectivity index (χ3n) is 3.25. The standard InChI is InChI=1S/C15H32N2O2/c1-7-16-15(5,13(18)19)10-8-9-11-17(6)12-14(2,3)4/h16H,7-12H2,1-6H3,(H,18,19). The molecule has 0 aromatic heterocycles. The van der Waals surface area contributed by atoms with E-state index in [0.29, 0.717) is 18.4 Å². The Bertz CT molecular complexity index is 274. The zero-order valence-electron chi connectivity index (χ0n) is 13.5. The molecule has 114 valence electrons. The van der Waals surface area contributed by atoms with Crippen LogP contribution in [0.2, 0.25) is 0 Å². The minimum absolute atomic E-state index is 0.314. The molecule has 0 saturated heterocycles. The van der Waals surface area contributed by atoms with E-state index in [0.717, 1.165) is 25.9 Å². The van der Waals surface area contributed by atoms with Crippen molar-refractivity contribution in [2.45, 2.75) is 59.4 Å². The van der Waals surface area contributed by atoms with Gasteiger partial charge >= 0.3 is 5.97 Å². The maximum atomic E-state index is 11.3. The van der Waals surface area contributed by atoms with E-state index >= 15 is 0 Å². The number of rotatable bonds is 9. The number of hydrogen-bond acceptors (Lipinski definition) is 3. The first-order valence-corrected chi connectivity index (χ1v) is 7.28. The van der Waals surface area contributed by atoms with Crippen LogP contribution in [0.3, 0.4) is 0 Å². The van der Waals surface area contributed by atoms with Crippen LogP contribution < -0.4 is 5.32 Å². The third-order valence-corrected chi connectivity index (χ3v) is 3.25. The van der Waals surface area contributed by atoms with E-state index in [1.165, 1.54) is 0 Å². The van der Waals surface area contributed by atoms with Crippen molar-refractivity contribution < 1.29 is 9.90 Å². The minimum atomic E-state index is -0.780. The second-order valence-corrected chi connectivity index (χ2v) is 6.92. The van der Waals surface area contributed by atoms with Crippen molar-refractivity contribution in [3.8, 4) is 0 Å². The molecule has 0 amide bonds. The van der Waals surface area contributed by atoms with Gasteiger partial charge in [0, 0.05) is 6.54 Å². The number of nitrogens with zero attached hydrogens (tertiary/aromatic N) is 1. The van der Waals surface area contributed by atoms with E-state index < -0.39 is 11.5 Å². The minimum Gasteiger partial charge on any atom is -0.480 e. The Morgan fingerprint density at radius 3 is 2.21 bits per heavy atom. The second-order valence-electron chi connectivity index (χ2n) is 6.92. The van der Waals surface area contributed by atoms with Crippen LogP contribution in [0.15, 0.2) is 0 Å². The van der Waals surface area contributed by atoms with Gasteiger partial charge in [0.1, 0.15) is 5.54 Å². The molecular formula is C15H32N2O2. The fraction of sp³-hybridized carbons (Fsp3) is 0.933. The lowest BCUT2D eigenvalue weighted by Crippen LogP contribution is -2.49. The maximum Gasteiger partial charge on any atom is 0.323 e. The molecule has 0 radical (unpaired) electrons. The molecule has 0 bridgehead atoms. The summed E-state index contributed by atoms with van der Waals surface area (Å²) in [5.74, 6) is -0.752. The molecule has 0 aliphatic carbocycles. The predicted octanol–water partition coefficient (Wildman–Crippen LogP) is 2.59. The van der Waals surface area contributed by atoms with E-state index in [-0.39, 0.29) is 0 Å². The molecule has 4 heteroatoms. The Morgan fingerprint density at radius 1 is 1.21 bits per heavy atom. The van der Waals surface area contributed by atoms with Crippen molar-refractivity contribution in [1.82, 2.24) is 10.2 Å². The van der Waals surface area contributed by atoms with Gasteiger partial charge in [0.15, 0.2) is 0 Å². The van der Waals surface area contributed by atoms with Gasteiger partial charge in [0.25, 0.3) is 0 Å². The lowest BCUT2D eigenvalue weighted by molar-refractivity contribution is -0.144. The van der Waals surface area contributed by atoms with Crippen LogP contribution in [0, 0.1) is 5.41 Å². The Morgan fingerprint density at radius 2 is 1.79 bits per heavy atom. The highest BCUT2D eigenvalue weighted by molar-refractivity contribution is 5.78. The summed E-state index contributed by atoms with van der Waals surface area (Å²) in [4.78, 5) is 13.6. The summed E-state index contributed by atoms with van der Waals surface area (Å²) in [5.41, 5.74) is -0.467. The average molecular weight is 272 g/mol. The number of hydrogen-bond donors (Lipinski definition) is 2. The molecule has 0 rings (SSSR count). The second kappa shape index (κ2) is 7.85. The Kier molecular flexibility index (Phi) is 7.60. The summed E-state index contributed by atoms with van der Waals surface area (Å²) in [6.07, 6.45) is 2.66. The third kappa shape index (κ3) is 8.22. The molecule has 0 aliphatic heterocycles. The van der Waals surface area contributed by atoms with Crippen LogP contribution in [0.4, 0.5) is 0 Å². The quantitative estimate of drug-likeness (QED) is 0.634. The average Bonchev–Trinajstić information content (AvgIpc) is 2.22. The molecule has 19 heavy (non-hydrogen) atoms. The highest BCUT2D eigenvalue weighted by atomic mass is 16.4. The van der Waals surface area contributed by atoms with Crippen molar-refractivity contribution in [3.05, 3.63) is 0 Å². The van der Waals surface area contributed by atoms with Gasteiger partial charge in [-0.05, 0) is 51.7 Å². The number of aliphatic carboxylic acids is 1. The van der Waals surface area contributed by atoms with Crippen LogP contribution in [0.5, 0.6) is 0 Å². The fourth-order valence-corrected chi connectivity index (χ4v) is 2.41. The number of carboxylic acid groups (broad SMARTS) is 1. The zero-order chi connectivity index (χ0) is 15.1. The van der Waals surface area contributed by atoms with Crippen molar-refractivity contribution in [2.24, 2.45) is 5.41 Å². The van der Waals surface area contributed by atoms with Gasteiger partial charge in [-0.15, -0.1) is 0 Å². The van der Waals surface area contributed by atoms with Gasteiger partial charge in [0.05, 0.1) is 0 Å². The van der Waals surface area contributed by atoms with Gasteiger partial charge in [-0.2, -0.15) is 0 Å². The van der Waals surface area contributed by atoms with Gasteiger partial charge in [-0.25, -0.2) is 0 Å². The topological polar surface area (TPSA) is 52.6 Å². The largest absolute Gasteiger partial charge is 0.480 e. The first-order valence-electron chi connectivity index (χ1n) is 7.28. The number of carboxylic acids is 1. The summed E-state index contributed by atoms with van der Waals surface area (Å²) >= 11 is 0. The molecule has 0 aromatic carbocycles. The maximum absolute atomic E-state index is 11.3. The van der Waals surface area contributed by atoms with Gasteiger partial charge < -0.3 is 15.3 Å². The summed E-state index contributed by atoms with van der Waals surface area (Å²) < 4.78 is 0. The first kappa shape index (κ1) is 18.4. The molecule has 0 aromatic rings. The van der Waals surface area contributed by atoms with E-state index in [1.807, 2.05) is 6.92 Å². The lowest BCUT2D eigenvalue weighted by atomic mass is 9.94. The molecule has 4 nitrogen and oxygen atoms in total. The summed E-state index contributed by atoms with van der Waals surface area (Å²) in [7, 11) is 2.13. The number of carbonyl (C=O) groups is 1. The molecule has 1 unspecified atom stereocenters. The van der Waals surface area contributed by atoms with Gasteiger partial charge in [0.2, 0.25) is 0 Å². The van der Waals surface area contributed by atoms with E-state index in [9.17, 15) is 9.90 Å².